The molecule has 0 saturated carbocycles. The highest BCUT2D eigenvalue weighted by atomic mass is 35.5. The number of hydrogen-bond acceptors (Lipinski definition) is 9. The molecule has 1 aliphatic heterocycles. The van der Waals surface area contributed by atoms with E-state index in [-0.39, 0.29) is 18.6 Å². The molecule has 5 heterocycles. The minimum Gasteiger partial charge on any atom is -0.451 e. The minimum absolute atomic E-state index is 0.132. The van der Waals surface area contributed by atoms with Crippen LogP contribution in [-0.4, -0.2) is 44.3 Å². The maximum Gasteiger partial charge on any atom is 0.293 e. The Bertz CT molecular complexity index is 1110. The summed E-state index contributed by atoms with van der Waals surface area (Å²) in [7, 11) is 0. The first-order valence-electron chi connectivity index (χ1n) is 9.27. The highest BCUT2D eigenvalue weighted by Gasteiger charge is 2.22. The number of halogens is 1. The number of pyridine rings is 1. The molecule has 0 radical (unpaired) electrons. The number of nitrogens with zero attached hydrogens (tertiary/aromatic N) is 6. The number of anilines is 1. The van der Waals surface area contributed by atoms with E-state index in [1.165, 1.54) is 0 Å². The molecule has 0 aliphatic carbocycles. The van der Waals surface area contributed by atoms with Crippen LogP contribution in [0.3, 0.4) is 0 Å². The van der Waals surface area contributed by atoms with Crippen LogP contribution in [0.15, 0.2) is 45.7 Å². The number of aromatic nitrogens is 5. The molecule has 9 nitrogen and oxygen atoms in total. The van der Waals surface area contributed by atoms with E-state index < -0.39 is 0 Å². The summed E-state index contributed by atoms with van der Waals surface area (Å²) in [6.45, 7) is 1.97. The molecule has 1 fully saturated rings. The third-order valence-electron chi connectivity index (χ3n) is 4.80. The van der Waals surface area contributed by atoms with Crippen LogP contribution in [0.1, 0.15) is 18.7 Å². The predicted octanol–water partition coefficient (Wildman–Crippen LogP) is 3.51. The quantitative estimate of drug-likeness (QED) is 0.455. The first-order chi connectivity index (χ1) is 14.3. The van der Waals surface area contributed by atoms with Crippen LogP contribution in [0.2, 0.25) is 5.15 Å². The highest BCUT2D eigenvalue weighted by molar-refractivity contribution is 6.34. The molecule has 148 valence electrons. The summed E-state index contributed by atoms with van der Waals surface area (Å²) in [5.74, 6) is 1.96. The first kappa shape index (κ1) is 18.0. The van der Waals surface area contributed by atoms with Gasteiger partial charge in [-0.3, -0.25) is 0 Å². The SMILES string of the molecule is Clc1nccc2oc(-c3nc(COC4CCN(c5ncccn5)CC4)no3)cc12. The van der Waals surface area contributed by atoms with Gasteiger partial charge in [0.2, 0.25) is 5.95 Å². The summed E-state index contributed by atoms with van der Waals surface area (Å²) in [5.41, 5.74) is 0.616. The van der Waals surface area contributed by atoms with Crippen LogP contribution in [0.25, 0.3) is 22.6 Å². The van der Waals surface area contributed by atoms with E-state index in [1.54, 1.807) is 30.7 Å². The van der Waals surface area contributed by atoms with Gasteiger partial charge in [-0.25, -0.2) is 15.0 Å². The monoisotopic (exact) mass is 412 g/mol. The fourth-order valence-corrected chi connectivity index (χ4v) is 3.52. The van der Waals surface area contributed by atoms with E-state index in [4.69, 9.17) is 25.3 Å². The van der Waals surface area contributed by atoms with Crippen LogP contribution in [-0.2, 0) is 11.3 Å². The van der Waals surface area contributed by atoms with Gasteiger partial charge in [0.15, 0.2) is 11.6 Å². The molecule has 0 bridgehead atoms. The topological polar surface area (TPSA) is 103 Å². The lowest BCUT2D eigenvalue weighted by atomic mass is 10.1. The van der Waals surface area contributed by atoms with Gasteiger partial charge in [0.25, 0.3) is 5.89 Å². The van der Waals surface area contributed by atoms with Crippen molar-refractivity contribution in [2.75, 3.05) is 18.0 Å². The maximum absolute atomic E-state index is 6.08. The zero-order valence-corrected chi connectivity index (χ0v) is 16.1. The molecule has 0 aromatic carbocycles. The highest BCUT2D eigenvalue weighted by Crippen LogP contribution is 2.30. The third kappa shape index (κ3) is 3.79. The van der Waals surface area contributed by atoms with Crippen LogP contribution < -0.4 is 4.90 Å². The zero-order valence-electron chi connectivity index (χ0n) is 15.4. The summed E-state index contributed by atoms with van der Waals surface area (Å²) in [4.78, 5) is 19.1. The molecule has 5 rings (SSSR count). The summed E-state index contributed by atoms with van der Waals surface area (Å²) < 4.78 is 17.0. The van der Waals surface area contributed by atoms with Crippen molar-refractivity contribution in [2.24, 2.45) is 0 Å². The fourth-order valence-electron chi connectivity index (χ4n) is 3.32. The van der Waals surface area contributed by atoms with Crippen LogP contribution in [0, 0.1) is 0 Å². The van der Waals surface area contributed by atoms with Gasteiger partial charge < -0.3 is 18.6 Å². The molecular formula is C19H17ClN6O3. The van der Waals surface area contributed by atoms with E-state index in [1.807, 2.05) is 6.07 Å². The molecule has 4 aromatic rings. The lowest BCUT2D eigenvalue weighted by Gasteiger charge is -2.31. The zero-order chi connectivity index (χ0) is 19.6. The molecule has 0 atom stereocenters. The van der Waals surface area contributed by atoms with Crippen molar-refractivity contribution in [3.8, 4) is 11.7 Å². The van der Waals surface area contributed by atoms with Gasteiger partial charge in [0, 0.05) is 37.7 Å². The van der Waals surface area contributed by atoms with Crippen LogP contribution in [0.4, 0.5) is 5.95 Å². The molecule has 4 aromatic heterocycles. The summed E-state index contributed by atoms with van der Waals surface area (Å²) in [6.07, 6.45) is 7.00. The normalized spacial score (nSPS) is 15.3. The molecule has 0 spiro atoms. The van der Waals surface area contributed by atoms with Crippen molar-refractivity contribution < 1.29 is 13.7 Å². The van der Waals surface area contributed by atoms with Crippen molar-refractivity contribution >= 4 is 28.5 Å². The first-order valence-corrected chi connectivity index (χ1v) is 9.64. The average Bonchev–Trinajstić information content (AvgIpc) is 3.41. The average molecular weight is 413 g/mol. The Hall–Kier alpha value is -3.04. The Morgan fingerprint density at radius 2 is 1.97 bits per heavy atom. The number of fused-ring (bicyclic) bond motifs is 1. The fraction of sp³-hybridized carbons (Fsp3) is 0.316. The molecular weight excluding hydrogens is 396 g/mol. The van der Waals surface area contributed by atoms with Crippen LogP contribution >= 0.6 is 11.6 Å². The van der Waals surface area contributed by atoms with Gasteiger partial charge in [-0.1, -0.05) is 16.8 Å². The lowest BCUT2D eigenvalue weighted by Crippen LogP contribution is -2.37. The van der Waals surface area contributed by atoms with Crippen molar-refractivity contribution in [3.05, 3.63) is 47.8 Å². The van der Waals surface area contributed by atoms with Gasteiger partial charge in [0.05, 0.1) is 11.5 Å². The van der Waals surface area contributed by atoms with E-state index in [2.05, 4.69) is 30.0 Å². The van der Waals surface area contributed by atoms with E-state index >= 15 is 0 Å². The van der Waals surface area contributed by atoms with Crippen molar-refractivity contribution in [3.63, 3.8) is 0 Å². The van der Waals surface area contributed by atoms with E-state index in [9.17, 15) is 0 Å². The molecule has 10 heteroatoms. The Morgan fingerprint density at radius 1 is 1.14 bits per heavy atom. The Kier molecular flexibility index (Phi) is 4.82. The molecule has 0 N–H and O–H groups in total. The Morgan fingerprint density at radius 3 is 2.76 bits per heavy atom. The third-order valence-corrected chi connectivity index (χ3v) is 5.10. The van der Waals surface area contributed by atoms with Crippen molar-refractivity contribution in [1.82, 2.24) is 25.1 Å². The number of rotatable bonds is 5. The summed E-state index contributed by atoms with van der Waals surface area (Å²) >= 11 is 6.08. The number of ether oxygens (including phenoxy) is 1. The van der Waals surface area contributed by atoms with Gasteiger partial charge in [-0.2, -0.15) is 4.98 Å². The van der Waals surface area contributed by atoms with Gasteiger partial charge in [0.1, 0.15) is 17.3 Å². The Labute approximate surface area is 170 Å². The van der Waals surface area contributed by atoms with E-state index in [0.29, 0.717) is 27.7 Å². The molecule has 1 saturated heterocycles. The molecule has 29 heavy (non-hydrogen) atoms. The van der Waals surface area contributed by atoms with Gasteiger partial charge >= 0.3 is 0 Å². The lowest BCUT2D eigenvalue weighted by molar-refractivity contribution is 0.0206. The van der Waals surface area contributed by atoms with Gasteiger partial charge in [-0.15, -0.1) is 0 Å². The van der Waals surface area contributed by atoms with Gasteiger partial charge in [-0.05, 0) is 25.0 Å². The largest absolute Gasteiger partial charge is 0.451 e. The van der Waals surface area contributed by atoms with E-state index in [0.717, 1.165) is 31.9 Å². The second-order valence-electron chi connectivity index (χ2n) is 6.69. The smallest absolute Gasteiger partial charge is 0.293 e. The minimum atomic E-state index is 0.132. The number of hydrogen-bond donors (Lipinski definition) is 0. The Balaban J connectivity index is 1.18. The summed E-state index contributed by atoms with van der Waals surface area (Å²) in [5, 5.41) is 5.05. The molecule has 1 aliphatic rings. The number of furan rings is 1. The van der Waals surface area contributed by atoms with Crippen LogP contribution in [0.5, 0.6) is 0 Å². The number of piperidine rings is 1. The van der Waals surface area contributed by atoms with Crippen molar-refractivity contribution in [1.29, 1.82) is 0 Å². The second kappa shape index (κ2) is 7.76. The second-order valence-corrected chi connectivity index (χ2v) is 7.04. The van der Waals surface area contributed by atoms with Crippen molar-refractivity contribution in [2.45, 2.75) is 25.6 Å². The predicted molar refractivity (Wildman–Crippen MR) is 104 cm³/mol. The standard InChI is InChI=1S/C19H17ClN6O3/c20-17-13-10-15(28-14(13)2-7-21-17)18-24-16(25-29-18)11-27-12-3-8-26(9-4-12)19-22-5-1-6-23-19/h1-2,5-7,10,12H,3-4,8-9,11H2. The maximum atomic E-state index is 6.08. The molecule has 0 amide bonds. The molecule has 0 unspecified atom stereocenters. The summed E-state index contributed by atoms with van der Waals surface area (Å²) in [6, 6.07) is 5.29.